The van der Waals surface area contributed by atoms with E-state index in [9.17, 15) is 13.5 Å². The molecule has 0 radical (unpaired) electrons. The van der Waals surface area contributed by atoms with Crippen LogP contribution in [0, 0.1) is 19.3 Å². The number of nitrogens with zero attached hydrogens (tertiary/aromatic N) is 2. The van der Waals surface area contributed by atoms with Crippen LogP contribution in [0.4, 0.5) is 0 Å². The van der Waals surface area contributed by atoms with Gasteiger partial charge in [-0.3, -0.25) is 5.41 Å². The van der Waals surface area contributed by atoms with E-state index in [2.05, 4.69) is 4.98 Å². The molecule has 0 spiro atoms. The van der Waals surface area contributed by atoms with E-state index >= 15 is 0 Å². The summed E-state index contributed by atoms with van der Waals surface area (Å²) < 4.78 is 23.2. The van der Waals surface area contributed by atoms with Crippen LogP contribution in [0.5, 0.6) is 0 Å². The zero-order chi connectivity index (χ0) is 15.4. The molecule has 1 aromatic heterocycles. The molecule has 1 aromatic rings. The summed E-state index contributed by atoms with van der Waals surface area (Å²) in [4.78, 5) is 7.13. The number of aliphatic hydroxyl groups is 1. The molecule has 3 rings (SSSR count). The van der Waals surface area contributed by atoms with Gasteiger partial charge in [0.1, 0.15) is 16.6 Å². The molecule has 8 heteroatoms. The maximum Gasteiger partial charge on any atom is 0.152 e. The van der Waals surface area contributed by atoms with Crippen LogP contribution in [0.1, 0.15) is 22.0 Å². The molecule has 6 nitrogen and oxygen atoms in total. The van der Waals surface area contributed by atoms with Crippen molar-refractivity contribution in [1.29, 1.82) is 5.41 Å². The molecule has 0 unspecified atom stereocenters. The molecule has 1 fully saturated rings. The molecule has 21 heavy (non-hydrogen) atoms. The molecular formula is C13H17N3O3S2. The first-order valence-corrected chi connectivity index (χ1v) is 9.35. The Morgan fingerprint density at radius 1 is 1.43 bits per heavy atom. The summed E-state index contributed by atoms with van der Waals surface area (Å²) in [6, 6.07) is -0.218. The van der Waals surface area contributed by atoms with Crippen LogP contribution in [-0.2, 0) is 9.84 Å². The van der Waals surface area contributed by atoms with E-state index < -0.39 is 9.84 Å². The lowest BCUT2D eigenvalue weighted by Gasteiger charge is -2.24. The van der Waals surface area contributed by atoms with Gasteiger partial charge in [-0.05, 0) is 20.3 Å². The Kier molecular flexibility index (Phi) is 3.32. The number of sulfone groups is 1. The number of aryl methyl sites for hydroxylation is 2. The zero-order valence-corrected chi connectivity index (χ0v) is 13.5. The fourth-order valence-electron chi connectivity index (χ4n) is 2.74. The summed E-state index contributed by atoms with van der Waals surface area (Å²) in [5, 5.41) is 19.1. The molecular weight excluding hydrogens is 310 g/mol. The minimum Gasteiger partial charge on any atom is -0.510 e. The van der Waals surface area contributed by atoms with Crippen molar-refractivity contribution in [2.45, 2.75) is 26.3 Å². The maximum absolute atomic E-state index is 11.6. The van der Waals surface area contributed by atoms with Crippen molar-refractivity contribution in [1.82, 2.24) is 9.88 Å². The van der Waals surface area contributed by atoms with E-state index in [1.54, 1.807) is 4.90 Å². The van der Waals surface area contributed by atoms with Gasteiger partial charge in [-0.25, -0.2) is 13.4 Å². The number of aliphatic hydroxyl groups excluding tert-OH is 1. The van der Waals surface area contributed by atoms with Gasteiger partial charge >= 0.3 is 0 Å². The fraction of sp³-hybridized carbons (Fsp3) is 0.538. The molecule has 0 aliphatic carbocycles. The first kappa shape index (κ1) is 14.5. The molecule has 0 bridgehead atoms. The summed E-state index contributed by atoms with van der Waals surface area (Å²) in [6.45, 7) is 4.05. The van der Waals surface area contributed by atoms with Crippen molar-refractivity contribution in [3.63, 3.8) is 0 Å². The number of thiazole rings is 1. The molecule has 0 saturated carbocycles. The standard InChI is InChI=1S/C13H17N3O3S2/c1-7-8(2)20-13(15-7)11-10(17)5-16(12(11)14)9-3-4-21(18,19)6-9/h9,14,17H,3-6H2,1-2H3/t9-/m0/s1. The molecule has 0 aromatic carbocycles. The summed E-state index contributed by atoms with van der Waals surface area (Å²) in [7, 11) is -3.01. The predicted octanol–water partition coefficient (Wildman–Crippen LogP) is 1.51. The molecule has 0 amide bonds. The van der Waals surface area contributed by atoms with Gasteiger partial charge in [0.2, 0.25) is 0 Å². The van der Waals surface area contributed by atoms with Crippen molar-refractivity contribution in [2.24, 2.45) is 0 Å². The van der Waals surface area contributed by atoms with Gasteiger partial charge in [-0.2, -0.15) is 0 Å². The van der Waals surface area contributed by atoms with Crippen molar-refractivity contribution in [3.05, 3.63) is 21.3 Å². The van der Waals surface area contributed by atoms with Crippen LogP contribution < -0.4 is 0 Å². The zero-order valence-electron chi connectivity index (χ0n) is 11.9. The van der Waals surface area contributed by atoms with E-state index in [4.69, 9.17) is 5.41 Å². The van der Waals surface area contributed by atoms with E-state index in [-0.39, 0.29) is 35.7 Å². The molecule has 2 N–H and O–H groups in total. The van der Waals surface area contributed by atoms with E-state index in [0.29, 0.717) is 17.0 Å². The van der Waals surface area contributed by atoms with Gasteiger partial charge in [0, 0.05) is 10.9 Å². The van der Waals surface area contributed by atoms with E-state index in [1.807, 2.05) is 13.8 Å². The lowest BCUT2D eigenvalue weighted by molar-refractivity contribution is 0.309. The average molecular weight is 327 g/mol. The molecule has 1 atom stereocenters. The monoisotopic (exact) mass is 327 g/mol. The second-order valence-electron chi connectivity index (χ2n) is 5.52. The molecule has 1 saturated heterocycles. The average Bonchev–Trinajstić information content (AvgIpc) is 2.98. The number of rotatable bonds is 2. The maximum atomic E-state index is 11.6. The molecule has 114 valence electrons. The fourth-order valence-corrected chi connectivity index (χ4v) is 5.45. The number of nitrogens with one attached hydrogen (secondary N) is 1. The Morgan fingerprint density at radius 3 is 2.67 bits per heavy atom. The minimum absolute atomic E-state index is 0.0614. The van der Waals surface area contributed by atoms with Crippen LogP contribution in [0.3, 0.4) is 0 Å². The van der Waals surface area contributed by atoms with Crippen molar-refractivity contribution in [3.8, 4) is 0 Å². The molecule has 2 aliphatic heterocycles. The number of hydrogen-bond acceptors (Lipinski definition) is 6. The second-order valence-corrected chi connectivity index (χ2v) is 8.95. The number of hydrogen-bond donors (Lipinski definition) is 2. The first-order valence-electron chi connectivity index (χ1n) is 6.71. The van der Waals surface area contributed by atoms with Crippen LogP contribution in [0.25, 0.3) is 5.57 Å². The van der Waals surface area contributed by atoms with Crippen LogP contribution in [0.15, 0.2) is 5.76 Å². The lowest BCUT2D eigenvalue weighted by Crippen LogP contribution is -2.38. The summed E-state index contributed by atoms with van der Waals surface area (Å²) in [5.41, 5.74) is 1.34. The highest BCUT2D eigenvalue weighted by Crippen LogP contribution is 2.34. The normalized spacial score (nSPS) is 25.1. The Balaban J connectivity index is 1.88. The van der Waals surface area contributed by atoms with Crippen LogP contribution >= 0.6 is 11.3 Å². The summed E-state index contributed by atoms with van der Waals surface area (Å²) in [6.07, 6.45) is 0.515. The summed E-state index contributed by atoms with van der Waals surface area (Å²) >= 11 is 1.45. The van der Waals surface area contributed by atoms with Gasteiger partial charge in [0.25, 0.3) is 0 Å². The van der Waals surface area contributed by atoms with Crippen LogP contribution in [0.2, 0.25) is 0 Å². The quantitative estimate of drug-likeness (QED) is 0.858. The first-order chi connectivity index (χ1) is 9.78. The number of amidine groups is 1. The third-order valence-corrected chi connectivity index (χ3v) is 6.86. The van der Waals surface area contributed by atoms with E-state index in [1.165, 1.54) is 11.3 Å². The Morgan fingerprint density at radius 2 is 2.14 bits per heavy atom. The Hall–Kier alpha value is -1.41. The molecule has 3 heterocycles. The highest BCUT2D eigenvalue weighted by molar-refractivity contribution is 7.91. The van der Waals surface area contributed by atoms with Gasteiger partial charge < -0.3 is 10.0 Å². The van der Waals surface area contributed by atoms with Gasteiger partial charge in [0.15, 0.2) is 9.84 Å². The van der Waals surface area contributed by atoms with E-state index in [0.717, 1.165) is 10.6 Å². The SMILES string of the molecule is Cc1nc(C2=C(O)CN([C@H]3CCS(=O)(=O)C3)C2=N)sc1C. The summed E-state index contributed by atoms with van der Waals surface area (Å²) in [5.74, 6) is 0.514. The van der Waals surface area contributed by atoms with Crippen molar-refractivity contribution < 1.29 is 13.5 Å². The van der Waals surface area contributed by atoms with Gasteiger partial charge in [-0.15, -0.1) is 11.3 Å². The largest absolute Gasteiger partial charge is 0.510 e. The molecule has 2 aliphatic rings. The van der Waals surface area contributed by atoms with Gasteiger partial charge in [-0.1, -0.05) is 0 Å². The third-order valence-electron chi connectivity index (χ3n) is 4.02. The van der Waals surface area contributed by atoms with Crippen molar-refractivity contribution in [2.75, 3.05) is 18.1 Å². The lowest BCUT2D eigenvalue weighted by atomic mass is 10.2. The second kappa shape index (κ2) is 4.81. The predicted molar refractivity (Wildman–Crippen MR) is 82.6 cm³/mol. The van der Waals surface area contributed by atoms with Gasteiger partial charge in [0.05, 0.1) is 29.3 Å². The topological polar surface area (TPSA) is 94.3 Å². The highest BCUT2D eigenvalue weighted by Gasteiger charge is 2.39. The smallest absolute Gasteiger partial charge is 0.152 e. The number of aromatic nitrogens is 1. The van der Waals surface area contributed by atoms with Crippen LogP contribution in [-0.4, -0.2) is 53.3 Å². The highest BCUT2D eigenvalue weighted by atomic mass is 32.2. The minimum atomic E-state index is -3.01. The Labute approximate surface area is 127 Å². The Bertz CT molecular complexity index is 729. The van der Waals surface area contributed by atoms with Crippen molar-refractivity contribution >= 4 is 32.6 Å². The third kappa shape index (κ3) is 2.46.